The molecule has 0 spiro atoms. The van der Waals surface area contributed by atoms with Crippen molar-refractivity contribution in [3.63, 3.8) is 0 Å². The average Bonchev–Trinajstić information content (AvgIpc) is 2.48. The number of aromatic nitrogens is 2. The molecule has 1 N–H and O–H groups in total. The van der Waals surface area contributed by atoms with E-state index in [0.717, 1.165) is 43.5 Å². The Balaban J connectivity index is 2.87. The highest BCUT2D eigenvalue weighted by atomic mass is 16.2. The zero-order chi connectivity index (χ0) is 15.8. The van der Waals surface area contributed by atoms with E-state index >= 15 is 0 Å². The molecule has 0 radical (unpaired) electrons. The number of hydrogen-bond acceptors (Lipinski definition) is 5. The van der Waals surface area contributed by atoms with Gasteiger partial charge in [0.25, 0.3) is 0 Å². The fraction of sp³-hybridized carbons (Fsp3) is 0.667. The second-order valence-electron chi connectivity index (χ2n) is 4.83. The van der Waals surface area contributed by atoms with Gasteiger partial charge in [-0.25, -0.2) is 9.97 Å². The van der Waals surface area contributed by atoms with E-state index in [-0.39, 0.29) is 5.91 Å². The minimum atomic E-state index is 0.115. The quantitative estimate of drug-likeness (QED) is 0.791. The highest BCUT2D eigenvalue weighted by molar-refractivity contribution is 5.81. The van der Waals surface area contributed by atoms with Crippen LogP contribution in [-0.4, -0.2) is 54.0 Å². The zero-order valence-electron chi connectivity index (χ0n) is 13.8. The molecule has 1 aromatic rings. The summed E-state index contributed by atoms with van der Waals surface area (Å²) in [6.07, 6.45) is 0.768. The van der Waals surface area contributed by atoms with Crippen LogP contribution in [0.2, 0.25) is 0 Å². The molecule has 0 saturated heterocycles. The van der Waals surface area contributed by atoms with E-state index in [1.54, 1.807) is 0 Å². The molecule has 21 heavy (non-hydrogen) atoms. The number of rotatable bonds is 8. The molecule has 1 amide bonds. The maximum absolute atomic E-state index is 12.2. The summed E-state index contributed by atoms with van der Waals surface area (Å²) >= 11 is 0. The molecule has 6 heteroatoms. The van der Waals surface area contributed by atoms with Crippen LogP contribution in [-0.2, 0) is 11.2 Å². The van der Waals surface area contributed by atoms with Gasteiger partial charge in [-0.1, -0.05) is 6.92 Å². The highest BCUT2D eigenvalue weighted by Gasteiger charge is 2.15. The van der Waals surface area contributed by atoms with Crippen LogP contribution in [0.3, 0.4) is 0 Å². The van der Waals surface area contributed by atoms with Gasteiger partial charge in [-0.15, -0.1) is 0 Å². The summed E-state index contributed by atoms with van der Waals surface area (Å²) in [4.78, 5) is 24.8. The Kier molecular flexibility index (Phi) is 6.91. The minimum Gasteiger partial charge on any atom is -0.370 e. The fourth-order valence-corrected chi connectivity index (χ4v) is 2.07. The van der Waals surface area contributed by atoms with Crippen LogP contribution in [0.4, 0.5) is 11.6 Å². The van der Waals surface area contributed by atoms with Crippen molar-refractivity contribution in [2.75, 3.05) is 43.4 Å². The Bertz CT molecular complexity index is 459. The molecule has 0 unspecified atom stereocenters. The first kappa shape index (κ1) is 17.2. The maximum atomic E-state index is 12.2. The third-order valence-corrected chi connectivity index (χ3v) is 3.31. The molecule has 1 rings (SSSR count). The summed E-state index contributed by atoms with van der Waals surface area (Å²) in [6, 6.07) is 1.89. The van der Waals surface area contributed by atoms with Crippen molar-refractivity contribution in [2.45, 2.75) is 34.1 Å². The summed E-state index contributed by atoms with van der Waals surface area (Å²) in [5.74, 6) is 2.48. The standard InChI is InChI=1S/C15H27N5O/c1-6-12-17-13(16-7-2)10-14(18-12)19(5)11-15(21)20(8-3)9-4/h10H,6-9,11H2,1-5H3,(H,16,17,18). The van der Waals surface area contributed by atoms with Gasteiger partial charge in [0.15, 0.2) is 0 Å². The van der Waals surface area contributed by atoms with Crippen molar-refractivity contribution in [3.05, 3.63) is 11.9 Å². The van der Waals surface area contributed by atoms with Gasteiger partial charge >= 0.3 is 0 Å². The highest BCUT2D eigenvalue weighted by Crippen LogP contribution is 2.15. The lowest BCUT2D eigenvalue weighted by molar-refractivity contribution is -0.129. The third kappa shape index (κ3) is 4.88. The zero-order valence-corrected chi connectivity index (χ0v) is 13.8. The molecule has 0 bridgehead atoms. The summed E-state index contributed by atoms with van der Waals surface area (Å²) in [5, 5.41) is 3.20. The van der Waals surface area contributed by atoms with E-state index in [4.69, 9.17) is 0 Å². The second-order valence-corrected chi connectivity index (χ2v) is 4.83. The molecular weight excluding hydrogens is 266 g/mol. The third-order valence-electron chi connectivity index (χ3n) is 3.31. The van der Waals surface area contributed by atoms with Gasteiger partial charge in [0.2, 0.25) is 5.91 Å². The first-order valence-electron chi connectivity index (χ1n) is 7.66. The van der Waals surface area contributed by atoms with Crippen molar-refractivity contribution in [3.8, 4) is 0 Å². The number of carbonyl (C=O) groups is 1. The molecule has 0 aliphatic heterocycles. The minimum absolute atomic E-state index is 0.115. The Labute approximate surface area is 127 Å². The van der Waals surface area contributed by atoms with Crippen molar-refractivity contribution < 1.29 is 4.79 Å². The Hall–Kier alpha value is -1.85. The van der Waals surface area contributed by atoms with E-state index in [9.17, 15) is 4.79 Å². The normalized spacial score (nSPS) is 10.3. The molecule has 0 saturated carbocycles. The Morgan fingerprint density at radius 1 is 1.19 bits per heavy atom. The number of carbonyl (C=O) groups excluding carboxylic acids is 1. The van der Waals surface area contributed by atoms with Crippen LogP contribution < -0.4 is 10.2 Å². The molecule has 118 valence electrons. The van der Waals surface area contributed by atoms with E-state index < -0.39 is 0 Å². The number of likely N-dealkylation sites (N-methyl/N-ethyl adjacent to an activating group) is 2. The molecule has 0 aliphatic rings. The van der Waals surface area contributed by atoms with E-state index in [0.29, 0.717) is 6.54 Å². The average molecular weight is 293 g/mol. The van der Waals surface area contributed by atoms with Gasteiger partial charge in [0.1, 0.15) is 17.5 Å². The van der Waals surface area contributed by atoms with E-state index in [1.165, 1.54) is 0 Å². The van der Waals surface area contributed by atoms with Crippen LogP contribution in [0, 0.1) is 0 Å². The summed E-state index contributed by atoms with van der Waals surface area (Å²) in [6.45, 7) is 10.6. The SMILES string of the molecule is CCNc1cc(N(C)CC(=O)N(CC)CC)nc(CC)n1. The number of amides is 1. The lowest BCUT2D eigenvalue weighted by Crippen LogP contribution is -2.39. The molecule has 1 heterocycles. The lowest BCUT2D eigenvalue weighted by Gasteiger charge is -2.24. The van der Waals surface area contributed by atoms with E-state index in [1.807, 2.05) is 50.6 Å². The first-order chi connectivity index (χ1) is 10.0. The van der Waals surface area contributed by atoms with Crippen LogP contribution in [0.15, 0.2) is 6.07 Å². The van der Waals surface area contributed by atoms with Gasteiger partial charge in [0, 0.05) is 39.2 Å². The van der Waals surface area contributed by atoms with Crippen LogP contribution in [0.25, 0.3) is 0 Å². The largest absolute Gasteiger partial charge is 0.370 e. The maximum Gasteiger partial charge on any atom is 0.242 e. The summed E-state index contributed by atoms with van der Waals surface area (Å²) in [7, 11) is 1.89. The van der Waals surface area contributed by atoms with Gasteiger partial charge in [-0.05, 0) is 20.8 Å². The predicted molar refractivity (Wildman–Crippen MR) is 86.8 cm³/mol. The van der Waals surface area contributed by atoms with Crippen LogP contribution in [0.1, 0.15) is 33.5 Å². The molecule has 0 atom stereocenters. The van der Waals surface area contributed by atoms with Gasteiger partial charge < -0.3 is 15.1 Å². The monoisotopic (exact) mass is 293 g/mol. The van der Waals surface area contributed by atoms with Gasteiger partial charge in [-0.3, -0.25) is 4.79 Å². The first-order valence-corrected chi connectivity index (χ1v) is 7.66. The topological polar surface area (TPSA) is 61.4 Å². The van der Waals surface area contributed by atoms with Crippen molar-refractivity contribution >= 4 is 17.5 Å². The summed E-state index contributed by atoms with van der Waals surface area (Å²) in [5.41, 5.74) is 0. The summed E-state index contributed by atoms with van der Waals surface area (Å²) < 4.78 is 0. The van der Waals surface area contributed by atoms with E-state index in [2.05, 4.69) is 15.3 Å². The molecule has 1 aromatic heterocycles. The number of anilines is 2. The second kappa shape index (κ2) is 8.44. The smallest absolute Gasteiger partial charge is 0.242 e. The number of aryl methyl sites for hydroxylation is 1. The number of nitrogens with zero attached hydrogens (tertiary/aromatic N) is 4. The van der Waals surface area contributed by atoms with Gasteiger partial charge in [-0.2, -0.15) is 0 Å². The predicted octanol–water partition coefficient (Wildman–Crippen LogP) is 1.78. The van der Waals surface area contributed by atoms with Gasteiger partial charge in [0.05, 0.1) is 6.54 Å². The number of nitrogens with one attached hydrogen (secondary N) is 1. The Morgan fingerprint density at radius 3 is 2.38 bits per heavy atom. The Morgan fingerprint density at radius 2 is 1.86 bits per heavy atom. The number of hydrogen-bond donors (Lipinski definition) is 1. The van der Waals surface area contributed by atoms with Crippen molar-refractivity contribution in [1.29, 1.82) is 0 Å². The molecule has 0 aliphatic carbocycles. The van der Waals surface area contributed by atoms with Crippen molar-refractivity contribution in [2.24, 2.45) is 0 Å². The van der Waals surface area contributed by atoms with Crippen molar-refractivity contribution in [1.82, 2.24) is 14.9 Å². The van der Waals surface area contributed by atoms with Crippen LogP contribution in [0.5, 0.6) is 0 Å². The fourth-order valence-electron chi connectivity index (χ4n) is 2.07. The lowest BCUT2D eigenvalue weighted by atomic mass is 10.3. The van der Waals surface area contributed by atoms with Crippen LogP contribution >= 0.6 is 0 Å². The molecule has 6 nitrogen and oxygen atoms in total. The molecule has 0 aromatic carbocycles. The molecule has 0 fully saturated rings. The molecular formula is C15H27N5O.